The molecule has 0 radical (unpaired) electrons. The highest BCUT2D eigenvalue weighted by Gasteiger charge is 2.18. The molecule has 3 rings (SSSR count). The lowest BCUT2D eigenvalue weighted by molar-refractivity contribution is 0.0941. The summed E-state index contributed by atoms with van der Waals surface area (Å²) in [4.78, 5) is 20.7. The largest absolute Gasteiger partial charge is 0.497 e. The van der Waals surface area contributed by atoms with Gasteiger partial charge < -0.3 is 15.0 Å². The Morgan fingerprint density at radius 3 is 2.77 bits per heavy atom. The number of hydrogen-bond donors (Lipinski definition) is 1. The number of carbonyl (C=O) groups is 1. The van der Waals surface area contributed by atoms with Gasteiger partial charge in [0.2, 0.25) is 0 Å². The minimum absolute atomic E-state index is 0.101. The van der Waals surface area contributed by atoms with Crippen molar-refractivity contribution in [2.24, 2.45) is 0 Å². The number of methoxy groups -OCH3 is 1. The first-order chi connectivity index (χ1) is 12.5. The Morgan fingerprint density at radius 2 is 2.12 bits per heavy atom. The molecule has 0 saturated carbocycles. The normalized spacial score (nSPS) is 12.3. The fourth-order valence-electron chi connectivity index (χ4n) is 2.90. The molecule has 0 aliphatic heterocycles. The van der Waals surface area contributed by atoms with Gasteiger partial charge in [-0.2, -0.15) is 0 Å². The zero-order valence-corrected chi connectivity index (χ0v) is 16.3. The highest BCUT2D eigenvalue weighted by Crippen LogP contribution is 2.24. The second kappa shape index (κ2) is 7.85. The van der Waals surface area contributed by atoms with Crippen LogP contribution in [-0.2, 0) is 0 Å². The molecule has 5 nitrogen and oxygen atoms in total. The van der Waals surface area contributed by atoms with Gasteiger partial charge in [0, 0.05) is 22.9 Å². The molecule has 3 aromatic rings. The first kappa shape index (κ1) is 18.4. The van der Waals surface area contributed by atoms with Crippen LogP contribution in [-0.4, -0.2) is 43.5 Å². The van der Waals surface area contributed by atoms with Gasteiger partial charge in [-0.05, 0) is 50.7 Å². The first-order valence-corrected chi connectivity index (χ1v) is 9.31. The molecule has 26 heavy (non-hydrogen) atoms. The summed E-state index contributed by atoms with van der Waals surface area (Å²) in [6.45, 7) is 2.41. The SMILES string of the molecule is COc1ccc2cc(C(=O)NCC(c3cccs3)N(C)C)c(C)nc2c1. The lowest BCUT2D eigenvalue weighted by Gasteiger charge is -2.23. The number of benzene rings is 1. The third kappa shape index (κ3) is 3.86. The summed E-state index contributed by atoms with van der Waals surface area (Å²) in [5.41, 5.74) is 2.13. The van der Waals surface area contributed by atoms with E-state index in [1.54, 1.807) is 18.4 Å². The van der Waals surface area contributed by atoms with E-state index in [2.05, 4.69) is 26.6 Å². The van der Waals surface area contributed by atoms with Gasteiger partial charge in [-0.3, -0.25) is 9.78 Å². The predicted octanol–water partition coefficient (Wildman–Crippen LogP) is 3.65. The molecule has 0 saturated heterocycles. The van der Waals surface area contributed by atoms with Crippen LogP contribution in [0.25, 0.3) is 10.9 Å². The molecule has 1 aromatic carbocycles. The molecular weight excluding hydrogens is 346 g/mol. The number of thiophene rings is 1. The van der Waals surface area contributed by atoms with Crippen molar-refractivity contribution in [2.75, 3.05) is 27.7 Å². The van der Waals surface area contributed by atoms with Crippen LogP contribution in [0.2, 0.25) is 0 Å². The lowest BCUT2D eigenvalue weighted by Crippen LogP contribution is -2.34. The average molecular weight is 369 g/mol. The van der Waals surface area contributed by atoms with Crippen LogP contribution < -0.4 is 10.1 Å². The molecule has 0 bridgehead atoms. The van der Waals surface area contributed by atoms with Crippen molar-refractivity contribution in [2.45, 2.75) is 13.0 Å². The Labute approximate surface area is 157 Å². The Morgan fingerprint density at radius 1 is 1.31 bits per heavy atom. The minimum atomic E-state index is -0.101. The van der Waals surface area contributed by atoms with Gasteiger partial charge >= 0.3 is 0 Å². The number of amides is 1. The van der Waals surface area contributed by atoms with Crippen molar-refractivity contribution in [1.29, 1.82) is 0 Å². The monoisotopic (exact) mass is 369 g/mol. The van der Waals surface area contributed by atoms with Crippen molar-refractivity contribution >= 4 is 28.1 Å². The maximum Gasteiger partial charge on any atom is 0.253 e. The van der Waals surface area contributed by atoms with Crippen LogP contribution in [0.1, 0.15) is 27.0 Å². The standard InChI is InChI=1S/C20H23N3O2S/c1-13-16(10-14-7-8-15(25-4)11-17(14)22-13)20(24)21-12-18(23(2)3)19-6-5-9-26-19/h5-11,18H,12H2,1-4H3,(H,21,24). The number of nitrogens with one attached hydrogen (secondary N) is 1. The molecule has 6 heteroatoms. The second-order valence-corrected chi connectivity index (χ2v) is 7.36. The number of pyridine rings is 1. The molecule has 0 fully saturated rings. The summed E-state index contributed by atoms with van der Waals surface area (Å²) in [6.07, 6.45) is 0. The van der Waals surface area contributed by atoms with Crippen LogP contribution >= 0.6 is 11.3 Å². The summed E-state index contributed by atoms with van der Waals surface area (Å²) < 4.78 is 5.24. The van der Waals surface area contributed by atoms with E-state index < -0.39 is 0 Å². The van der Waals surface area contributed by atoms with Gasteiger partial charge in [0.05, 0.1) is 29.9 Å². The van der Waals surface area contributed by atoms with Gasteiger partial charge in [0.25, 0.3) is 5.91 Å². The van der Waals surface area contributed by atoms with E-state index in [1.165, 1.54) is 4.88 Å². The molecule has 0 aliphatic carbocycles. The molecule has 1 N–H and O–H groups in total. The molecule has 1 atom stereocenters. The van der Waals surface area contributed by atoms with Crippen LogP contribution in [0, 0.1) is 6.92 Å². The molecule has 2 aromatic heterocycles. The van der Waals surface area contributed by atoms with Crippen LogP contribution in [0.15, 0.2) is 41.8 Å². The molecule has 1 unspecified atom stereocenters. The van der Waals surface area contributed by atoms with Crippen LogP contribution in [0.4, 0.5) is 0 Å². The fourth-order valence-corrected chi connectivity index (χ4v) is 3.83. The number of fused-ring (bicyclic) bond motifs is 1. The topological polar surface area (TPSA) is 54.5 Å². The van der Waals surface area contributed by atoms with Crippen molar-refractivity contribution in [3.05, 3.63) is 57.9 Å². The highest BCUT2D eigenvalue weighted by molar-refractivity contribution is 7.10. The molecule has 0 aliphatic rings. The Hall–Kier alpha value is -2.44. The number of likely N-dealkylation sites (N-methyl/N-ethyl adjacent to an activating group) is 1. The predicted molar refractivity (Wildman–Crippen MR) is 106 cm³/mol. The zero-order valence-electron chi connectivity index (χ0n) is 15.4. The van der Waals surface area contributed by atoms with E-state index in [4.69, 9.17) is 4.74 Å². The number of rotatable bonds is 6. The lowest BCUT2D eigenvalue weighted by atomic mass is 10.1. The average Bonchev–Trinajstić information content (AvgIpc) is 3.14. The van der Waals surface area contributed by atoms with Crippen LogP contribution in [0.3, 0.4) is 0 Å². The Kier molecular flexibility index (Phi) is 5.54. The van der Waals surface area contributed by atoms with E-state index in [0.717, 1.165) is 16.7 Å². The first-order valence-electron chi connectivity index (χ1n) is 8.43. The molecule has 0 spiro atoms. The van der Waals surface area contributed by atoms with Gasteiger partial charge in [-0.1, -0.05) is 6.07 Å². The number of hydrogen-bond acceptors (Lipinski definition) is 5. The smallest absolute Gasteiger partial charge is 0.253 e. The third-order valence-electron chi connectivity index (χ3n) is 4.41. The number of ether oxygens (including phenoxy) is 1. The maximum absolute atomic E-state index is 12.7. The van der Waals surface area contributed by atoms with Gasteiger partial charge in [0.15, 0.2) is 0 Å². The molecule has 2 heterocycles. The fraction of sp³-hybridized carbons (Fsp3) is 0.300. The van der Waals surface area contributed by atoms with E-state index >= 15 is 0 Å². The molecule has 1 amide bonds. The zero-order chi connectivity index (χ0) is 18.7. The quantitative estimate of drug-likeness (QED) is 0.721. The van der Waals surface area contributed by atoms with Gasteiger partial charge in [-0.15, -0.1) is 11.3 Å². The molecular formula is C20H23N3O2S. The summed E-state index contributed by atoms with van der Waals surface area (Å²) in [5.74, 6) is 0.655. The van der Waals surface area contributed by atoms with Crippen molar-refractivity contribution in [1.82, 2.24) is 15.2 Å². The van der Waals surface area contributed by atoms with E-state index in [-0.39, 0.29) is 11.9 Å². The maximum atomic E-state index is 12.7. The Balaban J connectivity index is 1.80. The summed E-state index contributed by atoms with van der Waals surface area (Å²) >= 11 is 1.70. The second-order valence-electron chi connectivity index (χ2n) is 6.38. The minimum Gasteiger partial charge on any atom is -0.497 e. The van der Waals surface area contributed by atoms with Gasteiger partial charge in [0.1, 0.15) is 5.75 Å². The number of nitrogens with zero attached hydrogens (tertiary/aromatic N) is 2. The number of carbonyl (C=O) groups excluding carboxylic acids is 1. The van der Waals surface area contributed by atoms with E-state index in [1.807, 2.05) is 51.4 Å². The summed E-state index contributed by atoms with van der Waals surface area (Å²) in [7, 11) is 5.67. The van der Waals surface area contributed by atoms with E-state index in [9.17, 15) is 4.79 Å². The molecule has 136 valence electrons. The number of aromatic nitrogens is 1. The summed E-state index contributed by atoms with van der Waals surface area (Å²) in [5, 5.41) is 6.03. The van der Waals surface area contributed by atoms with E-state index in [0.29, 0.717) is 17.8 Å². The third-order valence-corrected chi connectivity index (χ3v) is 5.38. The van der Waals surface area contributed by atoms with Gasteiger partial charge in [-0.25, -0.2) is 0 Å². The Bertz CT molecular complexity index is 907. The summed E-state index contributed by atoms with van der Waals surface area (Å²) in [6, 6.07) is 11.8. The number of aryl methyl sites for hydroxylation is 1. The highest BCUT2D eigenvalue weighted by atomic mass is 32.1. The van der Waals surface area contributed by atoms with Crippen molar-refractivity contribution in [3.63, 3.8) is 0 Å². The van der Waals surface area contributed by atoms with Crippen molar-refractivity contribution in [3.8, 4) is 5.75 Å². The van der Waals surface area contributed by atoms with Crippen LogP contribution in [0.5, 0.6) is 5.75 Å². The van der Waals surface area contributed by atoms with Crippen molar-refractivity contribution < 1.29 is 9.53 Å².